The molecule has 25 heavy (non-hydrogen) atoms. The quantitative estimate of drug-likeness (QED) is 0.740. The molecule has 1 atom stereocenters. The van der Waals surface area contributed by atoms with Gasteiger partial charge in [0.1, 0.15) is 5.69 Å². The predicted octanol–water partition coefficient (Wildman–Crippen LogP) is 4.37. The van der Waals surface area contributed by atoms with Crippen LogP contribution in [0.1, 0.15) is 73.1 Å². The van der Waals surface area contributed by atoms with Gasteiger partial charge in [-0.05, 0) is 52.8 Å². The van der Waals surface area contributed by atoms with Gasteiger partial charge in [0.05, 0.1) is 17.3 Å². The Balaban J connectivity index is 2.30. The van der Waals surface area contributed by atoms with Crippen LogP contribution in [0.25, 0.3) is 0 Å². The van der Waals surface area contributed by atoms with E-state index < -0.39 is 26.6 Å². The van der Waals surface area contributed by atoms with E-state index in [0.29, 0.717) is 11.6 Å². The van der Waals surface area contributed by atoms with Gasteiger partial charge in [-0.25, -0.2) is 4.98 Å². The van der Waals surface area contributed by atoms with Crippen molar-refractivity contribution in [3.05, 3.63) is 11.6 Å². The van der Waals surface area contributed by atoms with Crippen molar-refractivity contribution in [2.24, 2.45) is 0 Å². The van der Waals surface area contributed by atoms with E-state index in [1.807, 2.05) is 41.5 Å². The van der Waals surface area contributed by atoms with E-state index in [1.165, 1.54) is 0 Å². The third kappa shape index (κ3) is 3.89. The average molecular weight is 367 g/mol. The van der Waals surface area contributed by atoms with Gasteiger partial charge >= 0.3 is 7.12 Å². The molecular weight excluding hydrogens is 333 g/mol. The number of rotatable bonds is 4. The maximum absolute atomic E-state index is 6.51. The van der Waals surface area contributed by atoms with Gasteiger partial charge in [0.25, 0.3) is 0 Å². The van der Waals surface area contributed by atoms with E-state index in [0.717, 1.165) is 5.69 Å². The van der Waals surface area contributed by atoms with Gasteiger partial charge in [-0.1, -0.05) is 20.8 Å². The summed E-state index contributed by atoms with van der Waals surface area (Å²) < 4.78 is 24.7. The number of nitrogens with zero attached hydrogens (tertiary/aromatic N) is 1. The number of hydrogen-bond acceptors (Lipinski definition) is 5. The molecule has 0 saturated carbocycles. The van der Waals surface area contributed by atoms with Crippen LogP contribution in [0.5, 0.6) is 0 Å². The second kappa shape index (κ2) is 6.22. The van der Waals surface area contributed by atoms with Crippen molar-refractivity contribution < 1.29 is 18.2 Å². The largest absolute Gasteiger partial charge is 0.534 e. The van der Waals surface area contributed by atoms with Crippen molar-refractivity contribution in [2.75, 3.05) is 0 Å². The lowest BCUT2D eigenvalue weighted by molar-refractivity contribution is 0.00578. The molecule has 0 radical (unpaired) electrons. The summed E-state index contributed by atoms with van der Waals surface area (Å²) in [6, 6.07) is 0. The highest BCUT2D eigenvalue weighted by molar-refractivity contribution is 6.74. The average Bonchev–Trinajstić information content (AvgIpc) is 2.86. The molecule has 1 aromatic heterocycles. The molecule has 0 aliphatic carbocycles. The molecule has 142 valence electrons. The Morgan fingerprint density at radius 2 is 1.56 bits per heavy atom. The SMILES string of the molecule is Cc1nc(C(C)O[Si](C)(C)C(C)(C)C)c(B2OC(C)(C)C(C)(C)O2)o1. The zero-order valence-electron chi connectivity index (χ0n) is 17.7. The topological polar surface area (TPSA) is 53.7 Å². The van der Waals surface area contributed by atoms with Crippen LogP contribution in [0.3, 0.4) is 0 Å². The summed E-state index contributed by atoms with van der Waals surface area (Å²) >= 11 is 0. The third-order valence-electron chi connectivity index (χ3n) is 5.92. The van der Waals surface area contributed by atoms with Gasteiger partial charge in [-0.3, -0.25) is 0 Å². The number of hydrogen-bond donors (Lipinski definition) is 0. The molecule has 0 amide bonds. The molecule has 0 N–H and O–H groups in total. The molecule has 2 heterocycles. The Morgan fingerprint density at radius 1 is 1.08 bits per heavy atom. The first-order valence-electron chi connectivity index (χ1n) is 9.08. The minimum absolute atomic E-state index is 0.130. The zero-order chi connectivity index (χ0) is 19.4. The van der Waals surface area contributed by atoms with Crippen molar-refractivity contribution >= 4 is 21.1 Å². The summed E-state index contributed by atoms with van der Waals surface area (Å²) in [5, 5.41) is 0.130. The predicted molar refractivity (Wildman–Crippen MR) is 104 cm³/mol. The van der Waals surface area contributed by atoms with E-state index in [9.17, 15) is 0 Å². The third-order valence-corrected chi connectivity index (χ3v) is 10.5. The number of aryl methyl sites for hydroxylation is 1. The molecule has 1 saturated heterocycles. The molecule has 1 fully saturated rings. The Kier molecular flexibility index (Phi) is 5.14. The van der Waals surface area contributed by atoms with Crippen molar-refractivity contribution in [3.63, 3.8) is 0 Å². The highest BCUT2D eigenvalue weighted by Crippen LogP contribution is 2.40. The molecule has 1 unspecified atom stereocenters. The highest BCUT2D eigenvalue weighted by atomic mass is 28.4. The molecule has 5 nitrogen and oxygen atoms in total. The van der Waals surface area contributed by atoms with E-state index in [1.54, 1.807) is 0 Å². The van der Waals surface area contributed by atoms with E-state index in [-0.39, 0.29) is 11.1 Å². The van der Waals surface area contributed by atoms with Crippen molar-refractivity contribution in [1.29, 1.82) is 0 Å². The summed E-state index contributed by atoms with van der Waals surface area (Å²) in [6.07, 6.45) is -0.174. The Hall–Kier alpha value is -0.628. The molecule has 0 aromatic carbocycles. The summed E-state index contributed by atoms with van der Waals surface area (Å²) in [5.41, 5.74) is 0.571. The van der Waals surface area contributed by atoms with E-state index in [4.69, 9.17) is 18.2 Å². The zero-order valence-corrected chi connectivity index (χ0v) is 18.7. The van der Waals surface area contributed by atoms with Crippen LogP contribution >= 0.6 is 0 Å². The fourth-order valence-corrected chi connectivity index (χ4v) is 3.89. The van der Waals surface area contributed by atoms with Crippen molar-refractivity contribution in [1.82, 2.24) is 4.98 Å². The van der Waals surface area contributed by atoms with Gasteiger partial charge in [0.2, 0.25) is 0 Å². The molecule has 1 aromatic rings. The van der Waals surface area contributed by atoms with Crippen LogP contribution in [0.4, 0.5) is 0 Å². The Bertz CT molecular complexity index is 618. The van der Waals surface area contributed by atoms with Crippen molar-refractivity contribution in [3.8, 4) is 0 Å². The van der Waals surface area contributed by atoms with Crippen LogP contribution in [0, 0.1) is 6.92 Å². The van der Waals surface area contributed by atoms with Crippen LogP contribution in [-0.2, 0) is 13.7 Å². The van der Waals surface area contributed by atoms with Crippen LogP contribution in [-0.4, -0.2) is 31.6 Å². The first kappa shape index (κ1) is 20.7. The molecule has 0 spiro atoms. The minimum Gasteiger partial charge on any atom is -0.449 e. The second-order valence-electron chi connectivity index (χ2n) is 9.59. The van der Waals surface area contributed by atoms with Gasteiger partial charge < -0.3 is 18.2 Å². The van der Waals surface area contributed by atoms with E-state index >= 15 is 0 Å². The maximum atomic E-state index is 6.51. The molecule has 0 bridgehead atoms. The van der Waals surface area contributed by atoms with Gasteiger partial charge in [-0.2, -0.15) is 0 Å². The standard InChI is InChI=1S/C18H34BNO4Si/c1-12(22-25(10,11)16(3,4)5)14-15(21-13(2)20-14)19-23-17(6,7)18(8,9)24-19/h12H,1-11H3. The van der Waals surface area contributed by atoms with Gasteiger partial charge in [0.15, 0.2) is 19.9 Å². The summed E-state index contributed by atoms with van der Waals surface area (Å²) in [4.78, 5) is 4.59. The fourth-order valence-electron chi connectivity index (χ4n) is 2.54. The molecule has 7 heteroatoms. The lowest BCUT2D eigenvalue weighted by atomic mass is 9.83. The maximum Gasteiger partial charge on any atom is 0.534 e. The molecule has 1 aliphatic heterocycles. The summed E-state index contributed by atoms with van der Waals surface area (Å²) in [7, 11) is -2.49. The highest BCUT2D eigenvalue weighted by Gasteiger charge is 2.54. The molecule has 1 aliphatic rings. The number of oxazole rings is 1. The van der Waals surface area contributed by atoms with Gasteiger partial charge in [-0.15, -0.1) is 0 Å². The molecule has 2 rings (SSSR count). The normalized spacial score (nSPS) is 21.6. The van der Waals surface area contributed by atoms with Gasteiger partial charge in [0, 0.05) is 6.92 Å². The summed E-state index contributed by atoms with van der Waals surface area (Å²) in [5.74, 6) is 0.602. The van der Waals surface area contributed by atoms with Crippen LogP contribution in [0.2, 0.25) is 18.1 Å². The fraction of sp³-hybridized carbons (Fsp3) is 0.833. The van der Waals surface area contributed by atoms with Crippen molar-refractivity contribution in [2.45, 2.75) is 97.8 Å². The lowest BCUT2D eigenvalue weighted by Gasteiger charge is -2.38. The Labute approximate surface area is 154 Å². The van der Waals surface area contributed by atoms with E-state index in [2.05, 4.69) is 38.8 Å². The number of aromatic nitrogens is 1. The smallest absolute Gasteiger partial charge is 0.449 e. The Morgan fingerprint density at radius 3 is 2.00 bits per heavy atom. The lowest BCUT2D eigenvalue weighted by Crippen LogP contribution is -2.43. The summed E-state index contributed by atoms with van der Waals surface area (Å²) in [6.45, 7) is 23.2. The first-order chi connectivity index (χ1) is 11.1. The molecular formula is C18H34BNO4Si. The van der Waals surface area contributed by atoms with Crippen LogP contribution < -0.4 is 5.66 Å². The minimum atomic E-state index is -1.92. The monoisotopic (exact) mass is 367 g/mol. The first-order valence-corrected chi connectivity index (χ1v) is 12.0. The van der Waals surface area contributed by atoms with Crippen LogP contribution in [0.15, 0.2) is 4.42 Å². The second-order valence-corrected chi connectivity index (χ2v) is 14.3.